The molecule has 2 unspecified atom stereocenters. The standard InChI is InChI=1S/C27H33.C9H7.C2H7Si.2ClH.Zr/c1-2-3-4-6-10-21-19-25-13-9-14-26(27(25)20-21)24-17-15-23(16-18-24)22-11-7-5-8-12-22;1-2-5-9-7-3-6-8(9)4-1;1-3-2;;;/h9,13-20,22H,2-8,10-12H2,1H3;1-7H;3H,1-2H3;2*1H;/q;;;;;+2/p-2. The van der Waals surface area contributed by atoms with Gasteiger partial charge in [-0.15, -0.1) is 0 Å². The molecule has 0 amide bonds. The first-order valence-corrected chi connectivity index (χ1v) is 32.9. The molecule has 3 aliphatic carbocycles. The Bertz CT molecular complexity index is 1480. The second kappa shape index (κ2) is 12.7. The fraction of sp³-hybridized carbons (Fsp3) is 0.421. The molecule has 0 bridgehead atoms. The second-order valence-electron chi connectivity index (χ2n) is 13.6. The zero-order valence-electron chi connectivity index (χ0n) is 25.7. The summed E-state index contributed by atoms with van der Waals surface area (Å²) in [5.41, 5.74) is 11.1. The molecule has 221 valence electrons. The SMILES string of the molecule is CCCCCCC1=Cc2c(-c3ccc(C4CCCCC4)cc3)cccc2[CH]1[Zr]([Cl])([Cl])([CH]1C=Cc2ccccc21)[SiH](C)C. The molecule has 2 atom stereocenters. The van der Waals surface area contributed by atoms with Crippen molar-refractivity contribution < 1.29 is 15.6 Å². The Morgan fingerprint density at radius 2 is 1.55 bits per heavy atom. The fourth-order valence-corrected chi connectivity index (χ4v) is 37.8. The molecule has 0 heterocycles. The Labute approximate surface area is 263 Å². The van der Waals surface area contributed by atoms with Crippen molar-refractivity contribution in [2.75, 3.05) is 0 Å². The third-order valence-electron chi connectivity index (χ3n) is 10.8. The van der Waals surface area contributed by atoms with E-state index in [2.05, 4.69) is 105 Å². The zero-order chi connectivity index (χ0) is 29.3. The molecule has 6 rings (SSSR count). The molecule has 0 N–H and O–H groups in total. The fourth-order valence-electron chi connectivity index (χ4n) is 8.31. The number of benzene rings is 3. The van der Waals surface area contributed by atoms with E-state index >= 15 is 0 Å². The van der Waals surface area contributed by atoms with Crippen LogP contribution in [0.5, 0.6) is 0 Å². The van der Waals surface area contributed by atoms with E-state index in [1.54, 1.807) is 0 Å². The van der Waals surface area contributed by atoms with E-state index in [1.807, 2.05) is 0 Å². The van der Waals surface area contributed by atoms with Crippen molar-refractivity contribution in [1.82, 2.24) is 0 Å². The Kier molecular flexibility index (Phi) is 9.30. The van der Waals surface area contributed by atoms with Crippen molar-refractivity contribution in [2.45, 2.75) is 97.4 Å². The van der Waals surface area contributed by atoms with Gasteiger partial charge >= 0.3 is 265 Å². The van der Waals surface area contributed by atoms with Gasteiger partial charge in [-0.3, -0.25) is 0 Å². The van der Waals surface area contributed by atoms with Crippen molar-refractivity contribution in [3.63, 3.8) is 0 Å². The normalized spacial score (nSPS) is 21.2. The summed E-state index contributed by atoms with van der Waals surface area (Å²) >= 11 is -4.56. The number of unbranched alkanes of at least 4 members (excludes halogenated alkanes) is 3. The molecule has 4 heteroatoms. The molecule has 3 aromatic rings. The number of fused-ring (bicyclic) bond motifs is 2. The maximum absolute atomic E-state index is 8.38. The van der Waals surface area contributed by atoms with Gasteiger partial charge in [0.15, 0.2) is 0 Å². The number of hydrogen-bond donors (Lipinski definition) is 0. The summed E-state index contributed by atoms with van der Waals surface area (Å²) in [6.07, 6.45) is 20.2. The van der Waals surface area contributed by atoms with E-state index < -0.39 is 21.5 Å². The maximum atomic E-state index is 8.38. The van der Waals surface area contributed by atoms with Crippen LogP contribution in [0.1, 0.15) is 112 Å². The topological polar surface area (TPSA) is 0 Å². The van der Waals surface area contributed by atoms with E-state index in [4.69, 9.17) is 17.0 Å². The van der Waals surface area contributed by atoms with E-state index in [-0.39, 0.29) is 7.25 Å². The number of hydrogen-bond acceptors (Lipinski definition) is 0. The number of rotatable bonds is 10. The molecule has 0 aliphatic heterocycles. The Balaban J connectivity index is 1.44. The van der Waals surface area contributed by atoms with Crippen LogP contribution in [0.2, 0.25) is 13.1 Å². The summed E-state index contributed by atoms with van der Waals surface area (Å²) in [6, 6.07) is 25.4. The molecule has 0 saturated heterocycles. The van der Waals surface area contributed by atoms with Crippen LogP contribution in [0.3, 0.4) is 0 Å². The van der Waals surface area contributed by atoms with Crippen LogP contribution in [-0.4, -0.2) is 5.92 Å². The van der Waals surface area contributed by atoms with Gasteiger partial charge in [-0.1, -0.05) is 0 Å². The molecular formula is C38H47Cl2SiZr. The van der Waals surface area contributed by atoms with Crippen LogP contribution in [0.4, 0.5) is 0 Å². The summed E-state index contributed by atoms with van der Waals surface area (Å²) in [5.74, 6) is -0.759. The van der Waals surface area contributed by atoms with Crippen molar-refractivity contribution in [1.29, 1.82) is 0 Å². The quantitative estimate of drug-likeness (QED) is 0.146. The Hall–Kier alpha value is -1.18. The van der Waals surface area contributed by atoms with Gasteiger partial charge < -0.3 is 0 Å². The van der Waals surface area contributed by atoms with Gasteiger partial charge in [-0.05, 0) is 0 Å². The van der Waals surface area contributed by atoms with Gasteiger partial charge in [0.1, 0.15) is 0 Å². The third kappa shape index (κ3) is 5.46. The van der Waals surface area contributed by atoms with Crippen molar-refractivity contribution >= 4 is 35.1 Å². The van der Waals surface area contributed by atoms with Crippen LogP contribution >= 0.6 is 17.0 Å². The first-order valence-electron chi connectivity index (χ1n) is 16.6. The summed E-state index contributed by atoms with van der Waals surface area (Å²) in [7, 11) is 16.8. The first-order chi connectivity index (χ1) is 20.3. The molecule has 0 aromatic heterocycles. The summed E-state index contributed by atoms with van der Waals surface area (Å²) in [4.78, 5) is 0. The van der Waals surface area contributed by atoms with Crippen LogP contribution in [0.15, 0.2) is 78.4 Å². The van der Waals surface area contributed by atoms with Crippen LogP contribution < -0.4 is 0 Å². The van der Waals surface area contributed by atoms with Crippen LogP contribution in [0.25, 0.3) is 23.3 Å². The van der Waals surface area contributed by atoms with Gasteiger partial charge in [0.05, 0.1) is 0 Å². The van der Waals surface area contributed by atoms with E-state index in [0.717, 1.165) is 12.3 Å². The number of allylic oxidation sites excluding steroid dienone is 2. The summed E-state index contributed by atoms with van der Waals surface area (Å²) in [5, 5.41) is 0. The van der Waals surface area contributed by atoms with Gasteiger partial charge in [0, 0.05) is 0 Å². The molecule has 0 radical (unpaired) electrons. The minimum atomic E-state index is -4.56. The molecule has 0 nitrogen and oxygen atoms in total. The van der Waals surface area contributed by atoms with Gasteiger partial charge in [-0.2, -0.15) is 0 Å². The molecular weight excluding hydrogens is 647 g/mol. The van der Waals surface area contributed by atoms with Gasteiger partial charge in [0.2, 0.25) is 0 Å². The average Bonchev–Trinajstić information content (AvgIpc) is 3.63. The summed E-state index contributed by atoms with van der Waals surface area (Å²) in [6.45, 7) is 7.18. The molecule has 1 saturated carbocycles. The predicted molar refractivity (Wildman–Crippen MR) is 186 cm³/mol. The van der Waals surface area contributed by atoms with Crippen molar-refractivity contribution in [3.05, 3.63) is 106 Å². The molecule has 3 aromatic carbocycles. The predicted octanol–water partition coefficient (Wildman–Crippen LogP) is 12.6. The van der Waals surface area contributed by atoms with Gasteiger partial charge in [0.25, 0.3) is 0 Å². The second-order valence-corrected chi connectivity index (χ2v) is 56.2. The minimum absolute atomic E-state index is 0.172. The van der Waals surface area contributed by atoms with E-state index in [9.17, 15) is 0 Å². The first kappa shape index (κ1) is 30.8. The van der Waals surface area contributed by atoms with Gasteiger partial charge in [-0.25, -0.2) is 0 Å². The molecule has 42 heavy (non-hydrogen) atoms. The van der Waals surface area contributed by atoms with Crippen LogP contribution in [0, 0.1) is 0 Å². The van der Waals surface area contributed by atoms with Crippen LogP contribution in [-0.2, 0) is 15.6 Å². The number of halogens is 2. The van der Waals surface area contributed by atoms with Crippen molar-refractivity contribution in [3.8, 4) is 11.1 Å². The Morgan fingerprint density at radius 1 is 0.810 bits per heavy atom. The monoisotopic (exact) mass is 691 g/mol. The van der Waals surface area contributed by atoms with E-state index in [0.29, 0.717) is 0 Å². The molecule has 3 aliphatic rings. The van der Waals surface area contributed by atoms with Crippen molar-refractivity contribution in [2.24, 2.45) is 0 Å². The summed E-state index contributed by atoms with van der Waals surface area (Å²) < 4.78 is 0.353. The Morgan fingerprint density at radius 3 is 2.29 bits per heavy atom. The van der Waals surface area contributed by atoms with E-state index in [1.165, 1.54) is 102 Å². The zero-order valence-corrected chi connectivity index (χ0v) is 30.8. The average molecular weight is 694 g/mol. The third-order valence-corrected chi connectivity index (χ3v) is 62.8. The molecule has 0 spiro atoms. The molecule has 1 fully saturated rings.